The molecule has 0 spiro atoms. The number of nitrogens with one attached hydrogen (secondary N) is 2. The van der Waals surface area contributed by atoms with Crippen molar-refractivity contribution in [1.82, 2.24) is 10.6 Å². The van der Waals surface area contributed by atoms with Gasteiger partial charge in [0.15, 0.2) is 17.5 Å². The van der Waals surface area contributed by atoms with Gasteiger partial charge in [0.1, 0.15) is 0 Å². The summed E-state index contributed by atoms with van der Waals surface area (Å²) in [6.45, 7) is 8.05. The minimum absolute atomic E-state index is 0. The van der Waals surface area contributed by atoms with Gasteiger partial charge in [0.2, 0.25) is 0 Å². The largest absolute Gasteiger partial charge is 0.491 e. The van der Waals surface area contributed by atoms with Gasteiger partial charge in [-0.1, -0.05) is 19.9 Å². The molecule has 4 nitrogen and oxygen atoms in total. The molecule has 1 aromatic carbocycles. The second kappa shape index (κ2) is 11.5. The smallest absolute Gasteiger partial charge is 0.191 e. The number of hydrogen-bond acceptors (Lipinski definition) is 2. The Bertz CT molecular complexity index is 467. The van der Waals surface area contributed by atoms with E-state index in [1.54, 1.807) is 13.1 Å². The maximum Gasteiger partial charge on any atom is 0.191 e. The Labute approximate surface area is 149 Å². The van der Waals surface area contributed by atoms with Crippen molar-refractivity contribution in [3.63, 3.8) is 0 Å². The molecule has 0 unspecified atom stereocenters. The summed E-state index contributed by atoms with van der Waals surface area (Å²) in [7, 11) is 1.73. The Morgan fingerprint density at radius 3 is 2.59 bits per heavy atom. The van der Waals surface area contributed by atoms with Crippen LogP contribution in [0.4, 0.5) is 4.39 Å². The highest BCUT2D eigenvalue weighted by Crippen LogP contribution is 2.18. The zero-order chi connectivity index (χ0) is 15.7. The van der Waals surface area contributed by atoms with Crippen LogP contribution in [0.3, 0.4) is 0 Å². The first kappa shape index (κ1) is 20.9. The minimum Gasteiger partial charge on any atom is -0.491 e. The SMILES string of the molecule is CCOc1ccc(CNC(=NC)NCCC(C)C)cc1F.I. The summed E-state index contributed by atoms with van der Waals surface area (Å²) in [5.41, 5.74) is 0.850. The molecule has 0 amide bonds. The average molecular weight is 423 g/mol. The van der Waals surface area contributed by atoms with Crippen LogP contribution < -0.4 is 15.4 Å². The molecule has 22 heavy (non-hydrogen) atoms. The molecule has 6 heteroatoms. The van der Waals surface area contributed by atoms with E-state index in [4.69, 9.17) is 4.74 Å². The van der Waals surface area contributed by atoms with Crippen molar-refractivity contribution in [1.29, 1.82) is 0 Å². The fourth-order valence-electron chi connectivity index (χ4n) is 1.81. The quantitative estimate of drug-likeness (QED) is 0.401. The molecule has 0 aromatic heterocycles. The Hall–Kier alpha value is -1.05. The molecule has 126 valence electrons. The van der Waals surface area contributed by atoms with Crippen molar-refractivity contribution >= 4 is 29.9 Å². The van der Waals surface area contributed by atoms with Gasteiger partial charge in [0.05, 0.1) is 6.61 Å². The molecular weight excluding hydrogens is 396 g/mol. The number of benzene rings is 1. The van der Waals surface area contributed by atoms with Crippen LogP contribution in [0.5, 0.6) is 5.75 Å². The van der Waals surface area contributed by atoms with Crippen molar-refractivity contribution in [2.75, 3.05) is 20.2 Å². The van der Waals surface area contributed by atoms with Gasteiger partial charge >= 0.3 is 0 Å². The molecule has 0 saturated carbocycles. The lowest BCUT2D eigenvalue weighted by atomic mass is 10.1. The van der Waals surface area contributed by atoms with E-state index < -0.39 is 0 Å². The third kappa shape index (κ3) is 7.82. The molecule has 1 aromatic rings. The highest BCUT2D eigenvalue weighted by Gasteiger charge is 2.05. The lowest BCUT2D eigenvalue weighted by molar-refractivity contribution is 0.321. The van der Waals surface area contributed by atoms with E-state index in [1.807, 2.05) is 13.0 Å². The van der Waals surface area contributed by atoms with Crippen LogP contribution in [0.25, 0.3) is 0 Å². The van der Waals surface area contributed by atoms with E-state index in [0.717, 1.165) is 24.5 Å². The van der Waals surface area contributed by atoms with Crippen LogP contribution in [0.1, 0.15) is 32.8 Å². The fraction of sp³-hybridized carbons (Fsp3) is 0.562. The van der Waals surface area contributed by atoms with Crippen molar-refractivity contribution in [3.8, 4) is 5.75 Å². The summed E-state index contributed by atoms with van der Waals surface area (Å²) in [4.78, 5) is 4.15. The van der Waals surface area contributed by atoms with Crippen molar-refractivity contribution in [2.24, 2.45) is 10.9 Å². The lowest BCUT2D eigenvalue weighted by Crippen LogP contribution is -2.37. The Balaban J connectivity index is 0.00000441. The monoisotopic (exact) mass is 423 g/mol. The van der Waals surface area contributed by atoms with E-state index in [0.29, 0.717) is 24.8 Å². The lowest BCUT2D eigenvalue weighted by Gasteiger charge is -2.13. The summed E-state index contributed by atoms with van der Waals surface area (Å²) in [5, 5.41) is 6.41. The molecule has 1 rings (SSSR count). The van der Waals surface area contributed by atoms with Crippen molar-refractivity contribution in [2.45, 2.75) is 33.7 Å². The number of aliphatic imine (C=N–C) groups is 1. The van der Waals surface area contributed by atoms with Crippen molar-refractivity contribution in [3.05, 3.63) is 29.6 Å². The fourth-order valence-corrected chi connectivity index (χ4v) is 1.81. The van der Waals surface area contributed by atoms with Crippen LogP contribution in [0.15, 0.2) is 23.2 Å². The van der Waals surface area contributed by atoms with Crippen LogP contribution in [0, 0.1) is 11.7 Å². The number of rotatable bonds is 7. The van der Waals surface area contributed by atoms with Gasteiger partial charge in [-0.05, 0) is 37.0 Å². The van der Waals surface area contributed by atoms with Crippen molar-refractivity contribution < 1.29 is 9.13 Å². The second-order valence-corrected chi connectivity index (χ2v) is 5.23. The van der Waals surface area contributed by atoms with Gasteiger partial charge in [0.25, 0.3) is 0 Å². The van der Waals surface area contributed by atoms with Gasteiger partial charge in [-0.3, -0.25) is 4.99 Å². The molecule has 0 aliphatic heterocycles. The predicted octanol–water partition coefficient (Wildman–Crippen LogP) is 3.55. The minimum atomic E-state index is -0.334. The average Bonchev–Trinajstić information content (AvgIpc) is 2.45. The Morgan fingerprint density at radius 1 is 1.32 bits per heavy atom. The first-order valence-electron chi connectivity index (χ1n) is 7.42. The molecule has 0 bridgehead atoms. The van der Waals surface area contributed by atoms with Gasteiger partial charge in [-0.15, -0.1) is 24.0 Å². The van der Waals surface area contributed by atoms with E-state index >= 15 is 0 Å². The summed E-state index contributed by atoms with van der Waals surface area (Å²) in [5.74, 6) is 1.33. The highest BCUT2D eigenvalue weighted by atomic mass is 127. The maximum atomic E-state index is 13.7. The van der Waals surface area contributed by atoms with E-state index in [2.05, 4.69) is 29.5 Å². The van der Waals surface area contributed by atoms with E-state index in [1.165, 1.54) is 6.07 Å². The van der Waals surface area contributed by atoms with Crippen LogP contribution in [-0.2, 0) is 6.54 Å². The molecule has 0 aliphatic rings. The number of ether oxygens (including phenoxy) is 1. The summed E-state index contributed by atoms with van der Waals surface area (Å²) in [6.07, 6.45) is 1.08. The van der Waals surface area contributed by atoms with Crippen LogP contribution >= 0.6 is 24.0 Å². The van der Waals surface area contributed by atoms with E-state index in [9.17, 15) is 4.39 Å². The third-order valence-electron chi connectivity index (χ3n) is 2.99. The predicted molar refractivity (Wildman–Crippen MR) is 101 cm³/mol. The standard InChI is InChI=1S/C16H26FN3O.HI/c1-5-21-15-7-6-13(10-14(15)17)11-20-16(18-4)19-9-8-12(2)3;/h6-7,10,12H,5,8-9,11H2,1-4H3,(H2,18,19,20);1H. The zero-order valence-corrected chi connectivity index (χ0v) is 16.1. The second-order valence-electron chi connectivity index (χ2n) is 5.23. The molecule has 0 atom stereocenters. The molecule has 0 saturated heterocycles. The maximum absolute atomic E-state index is 13.7. The Kier molecular flexibility index (Phi) is 11.0. The molecule has 0 radical (unpaired) electrons. The molecule has 0 heterocycles. The topological polar surface area (TPSA) is 45.6 Å². The molecule has 0 aliphatic carbocycles. The van der Waals surface area contributed by atoms with E-state index in [-0.39, 0.29) is 29.8 Å². The molecule has 0 fully saturated rings. The number of halogens is 2. The normalized spacial score (nSPS) is 11.1. The van der Waals surface area contributed by atoms with Gasteiger partial charge in [0, 0.05) is 20.1 Å². The first-order valence-corrected chi connectivity index (χ1v) is 7.42. The molecular formula is C16H27FIN3O. The van der Waals surface area contributed by atoms with Gasteiger partial charge < -0.3 is 15.4 Å². The zero-order valence-electron chi connectivity index (χ0n) is 13.8. The Morgan fingerprint density at radius 2 is 2.05 bits per heavy atom. The first-order chi connectivity index (χ1) is 10.1. The third-order valence-corrected chi connectivity index (χ3v) is 2.99. The summed E-state index contributed by atoms with van der Waals surface area (Å²) in [6, 6.07) is 4.99. The van der Waals surface area contributed by atoms with Crippen LogP contribution in [-0.4, -0.2) is 26.2 Å². The summed E-state index contributed by atoms with van der Waals surface area (Å²) >= 11 is 0. The molecule has 2 N–H and O–H groups in total. The highest BCUT2D eigenvalue weighted by molar-refractivity contribution is 14.0. The van der Waals surface area contributed by atoms with Crippen LogP contribution in [0.2, 0.25) is 0 Å². The van der Waals surface area contributed by atoms with Gasteiger partial charge in [-0.25, -0.2) is 4.39 Å². The summed E-state index contributed by atoms with van der Waals surface area (Å²) < 4.78 is 18.9. The number of guanidine groups is 1. The number of nitrogens with zero attached hydrogens (tertiary/aromatic N) is 1. The van der Waals surface area contributed by atoms with Gasteiger partial charge in [-0.2, -0.15) is 0 Å². The number of hydrogen-bond donors (Lipinski definition) is 2.